The lowest BCUT2D eigenvalue weighted by atomic mass is 10.5. The van der Waals surface area contributed by atoms with Crippen molar-refractivity contribution in [1.29, 1.82) is 0 Å². The maximum absolute atomic E-state index is 3.83. The molecule has 1 heterocycles. The third-order valence-electron chi connectivity index (χ3n) is 2.04. The number of aryl methyl sites for hydroxylation is 1. The van der Waals surface area contributed by atoms with Crippen molar-refractivity contribution in [2.24, 2.45) is 12.0 Å². The third kappa shape index (κ3) is 5.17. The molecule has 0 fully saturated rings. The summed E-state index contributed by atoms with van der Waals surface area (Å²) >= 11 is 0. The molecule has 1 aromatic heterocycles. The van der Waals surface area contributed by atoms with Crippen LogP contribution in [0.2, 0.25) is 0 Å². The molecule has 0 radical (unpaired) electrons. The molecule has 0 saturated carbocycles. The monoisotopic (exact) mass is 210 g/mol. The van der Waals surface area contributed by atoms with E-state index >= 15 is 0 Å². The van der Waals surface area contributed by atoms with Crippen molar-refractivity contribution in [1.82, 2.24) is 15.2 Å². The molecule has 2 N–H and O–H groups in total. The van der Waals surface area contributed by atoms with Gasteiger partial charge in [0.2, 0.25) is 6.33 Å². The molecule has 0 spiro atoms. The molecule has 0 saturated heterocycles. The third-order valence-corrected chi connectivity index (χ3v) is 2.04. The lowest BCUT2D eigenvalue weighted by molar-refractivity contribution is -0.671. The molecule has 0 aromatic carbocycles. The van der Waals surface area contributed by atoms with Gasteiger partial charge in [0.15, 0.2) is 0 Å². The van der Waals surface area contributed by atoms with Gasteiger partial charge in [0.05, 0.1) is 13.4 Å². The van der Waals surface area contributed by atoms with E-state index in [1.54, 1.807) is 13.4 Å². The molecule has 5 heteroatoms. The number of imidazole rings is 1. The van der Waals surface area contributed by atoms with E-state index < -0.39 is 0 Å². The van der Waals surface area contributed by atoms with Gasteiger partial charge in [-0.3, -0.25) is 4.99 Å². The normalized spacial score (nSPS) is 11.1. The molecule has 0 aliphatic heterocycles. The van der Waals surface area contributed by atoms with Gasteiger partial charge in [-0.25, -0.2) is 9.13 Å². The van der Waals surface area contributed by atoms with Gasteiger partial charge in [-0.05, 0) is 0 Å². The minimum Gasteiger partial charge on any atom is -0.375 e. The Balaban J connectivity index is 1.97. The Labute approximate surface area is 90.8 Å². The minimum absolute atomic E-state index is 0.913. The number of nitrogens with zero attached hydrogens (tertiary/aromatic N) is 3. The average Bonchev–Trinajstić information content (AvgIpc) is 2.63. The number of aliphatic imine (C=N–C) groups is 1. The summed E-state index contributed by atoms with van der Waals surface area (Å²) in [6.07, 6.45) is 7.90. The summed E-state index contributed by atoms with van der Waals surface area (Å²) in [5, 5.41) is 6.42. The Morgan fingerprint density at radius 3 is 2.93 bits per heavy atom. The Bertz CT molecular complexity index is 292. The van der Waals surface area contributed by atoms with E-state index in [1.807, 2.05) is 17.8 Å². The lowest BCUT2D eigenvalue weighted by Gasteiger charge is -2.02. The first-order valence-electron chi connectivity index (χ1n) is 5.18. The van der Waals surface area contributed by atoms with Crippen LogP contribution >= 0.6 is 0 Å². The summed E-state index contributed by atoms with van der Waals surface area (Å²) in [6, 6.07) is 0. The summed E-state index contributed by atoms with van der Waals surface area (Å²) in [5.41, 5.74) is 0. The Morgan fingerprint density at radius 2 is 2.27 bits per heavy atom. The van der Waals surface area contributed by atoms with Crippen molar-refractivity contribution in [3.8, 4) is 0 Å². The van der Waals surface area contributed by atoms with E-state index in [-0.39, 0.29) is 0 Å². The van der Waals surface area contributed by atoms with E-state index in [2.05, 4.69) is 32.7 Å². The summed E-state index contributed by atoms with van der Waals surface area (Å²) < 4.78 is 4.20. The maximum atomic E-state index is 3.83. The molecule has 0 bridgehead atoms. The first-order valence-corrected chi connectivity index (χ1v) is 5.18. The second-order valence-electron chi connectivity index (χ2n) is 3.41. The molecular formula is C10H20N5+. The number of hydrogen-bond acceptors (Lipinski definition) is 2. The van der Waals surface area contributed by atoms with Crippen molar-refractivity contribution < 1.29 is 4.57 Å². The van der Waals surface area contributed by atoms with Crippen molar-refractivity contribution in [3.63, 3.8) is 0 Å². The fourth-order valence-electron chi connectivity index (χ4n) is 1.28. The largest absolute Gasteiger partial charge is 0.375 e. The predicted molar refractivity (Wildman–Crippen MR) is 60.9 cm³/mol. The van der Waals surface area contributed by atoms with Crippen LogP contribution in [0.15, 0.2) is 23.7 Å². The second-order valence-corrected chi connectivity index (χ2v) is 3.41. The molecule has 84 valence electrons. The number of hydrogen-bond donors (Lipinski definition) is 2. The zero-order chi connectivity index (χ0) is 10.9. The minimum atomic E-state index is 0.913. The highest BCUT2D eigenvalue weighted by atomic mass is 15.1. The molecule has 0 aliphatic carbocycles. The highest BCUT2D eigenvalue weighted by Gasteiger charge is 1.97. The zero-order valence-electron chi connectivity index (χ0n) is 9.48. The molecule has 0 unspecified atom stereocenters. The van der Waals surface area contributed by atoms with E-state index in [0.717, 1.165) is 26.2 Å². The molecule has 5 nitrogen and oxygen atoms in total. The van der Waals surface area contributed by atoms with Crippen LogP contribution < -0.4 is 15.2 Å². The Morgan fingerprint density at radius 1 is 1.40 bits per heavy atom. The lowest BCUT2D eigenvalue weighted by Crippen LogP contribution is -2.29. The van der Waals surface area contributed by atoms with E-state index in [4.69, 9.17) is 0 Å². The number of rotatable bonds is 7. The molecule has 0 aliphatic rings. The Hall–Kier alpha value is -1.36. The molecule has 1 rings (SSSR count). The van der Waals surface area contributed by atoms with Gasteiger partial charge < -0.3 is 10.6 Å². The van der Waals surface area contributed by atoms with Crippen LogP contribution in [0.25, 0.3) is 0 Å². The SMILES string of the molecule is CN=CNCCNCCn1cc[n+](C)c1. The Kier molecular flexibility index (Phi) is 5.47. The molecule has 15 heavy (non-hydrogen) atoms. The van der Waals surface area contributed by atoms with Gasteiger partial charge >= 0.3 is 0 Å². The van der Waals surface area contributed by atoms with Gasteiger partial charge in [0, 0.05) is 26.7 Å². The second kappa shape index (κ2) is 7.00. The summed E-state index contributed by atoms with van der Waals surface area (Å²) in [7, 11) is 3.78. The first-order chi connectivity index (χ1) is 7.33. The number of nitrogens with one attached hydrogen (secondary N) is 2. The first kappa shape index (κ1) is 11.7. The fraction of sp³-hybridized carbons (Fsp3) is 0.600. The van der Waals surface area contributed by atoms with Crippen LogP contribution in [0.1, 0.15) is 0 Å². The number of aromatic nitrogens is 2. The van der Waals surface area contributed by atoms with Crippen LogP contribution in [0.3, 0.4) is 0 Å². The van der Waals surface area contributed by atoms with E-state index in [0.29, 0.717) is 0 Å². The molecule has 1 aromatic rings. The van der Waals surface area contributed by atoms with Crippen LogP contribution in [-0.2, 0) is 13.6 Å². The summed E-state index contributed by atoms with van der Waals surface area (Å²) in [6.45, 7) is 3.86. The summed E-state index contributed by atoms with van der Waals surface area (Å²) in [5.74, 6) is 0. The van der Waals surface area contributed by atoms with Crippen molar-refractivity contribution in [2.75, 3.05) is 26.7 Å². The highest BCUT2D eigenvalue weighted by Crippen LogP contribution is 1.81. The zero-order valence-corrected chi connectivity index (χ0v) is 9.48. The summed E-state index contributed by atoms with van der Waals surface area (Å²) in [4.78, 5) is 3.83. The molecular weight excluding hydrogens is 190 g/mol. The van der Waals surface area contributed by atoms with Crippen LogP contribution in [0.4, 0.5) is 0 Å². The predicted octanol–water partition coefficient (Wildman–Crippen LogP) is -0.850. The maximum Gasteiger partial charge on any atom is 0.243 e. The van der Waals surface area contributed by atoms with Crippen LogP contribution in [-0.4, -0.2) is 37.6 Å². The quantitative estimate of drug-likeness (QED) is 0.266. The van der Waals surface area contributed by atoms with Crippen molar-refractivity contribution >= 4 is 6.34 Å². The smallest absolute Gasteiger partial charge is 0.243 e. The van der Waals surface area contributed by atoms with Crippen molar-refractivity contribution in [3.05, 3.63) is 18.7 Å². The highest BCUT2D eigenvalue weighted by molar-refractivity contribution is 5.53. The van der Waals surface area contributed by atoms with Crippen LogP contribution in [0.5, 0.6) is 0 Å². The van der Waals surface area contributed by atoms with Gasteiger partial charge in [-0.15, -0.1) is 0 Å². The van der Waals surface area contributed by atoms with E-state index in [9.17, 15) is 0 Å². The van der Waals surface area contributed by atoms with Gasteiger partial charge in [0.25, 0.3) is 0 Å². The van der Waals surface area contributed by atoms with Gasteiger partial charge in [-0.1, -0.05) is 0 Å². The molecule has 0 atom stereocenters. The average molecular weight is 210 g/mol. The van der Waals surface area contributed by atoms with E-state index in [1.165, 1.54) is 0 Å². The van der Waals surface area contributed by atoms with Gasteiger partial charge in [0.1, 0.15) is 18.9 Å². The van der Waals surface area contributed by atoms with Gasteiger partial charge in [-0.2, -0.15) is 0 Å². The molecule has 0 amide bonds. The standard InChI is InChI=1S/C10H20N5/c1-11-9-13-4-3-12-5-6-15-8-7-14(2)10-15/h7-10,12H,3-6H2,1-2H3,(H,11,13)/q+1. The fourth-order valence-corrected chi connectivity index (χ4v) is 1.28. The van der Waals surface area contributed by atoms with Crippen LogP contribution in [0, 0.1) is 0 Å². The van der Waals surface area contributed by atoms with Crippen molar-refractivity contribution in [2.45, 2.75) is 6.54 Å². The topological polar surface area (TPSA) is 45.2 Å².